The predicted molar refractivity (Wildman–Crippen MR) is 103 cm³/mol. The number of rotatable bonds is 2. The summed E-state index contributed by atoms with van der Waals surface area (Å²) in [5.74, 6) is 1.67. The van der Waals surface area contributed by atoms with Crippen molar-refractivity contribution in [3.63, 3.8) is 0 Å². The van der Waals surface area contributed by atoms with Crippen molar-refractivity contribution in [1.29, 1.82) is 0 Å². The van der Waals surface area contributed by atoms with Crippen LogP contribution in [-0.2, 0) is 5.41 Å². The summed E-state index contributed by atoms with van der Waals surface area (Å²) in [4.78, 5) is 12.7. The Balaban J connectivity index is 1.72. The third-order valence-corrected chi connectivity index (χ3v) is 7.34. The first kappa shape index (κ1) is 15.4. The molecule has 2 aromatic rings. The topological polar surface area (TPSA) is 17.1 Å². The number of hydrogen-bond donors (Lipinski definition) is 0. The van der Waals surface area contributed by atoms with Crippen LogP contribution in [0.15, 0.2) is 42.0 Å². The van der Waals surface area contributed by atoms with E-state index in [0.29, 0.717) is 11.7 Å². The van der Waals surface area contributed by atoms with Crippen molar-refractivity contribution in [2.45, 2.75) is 63.7 Å². The Labute approximate surface area is 150 Å². The van der Waals surface area contributed by atoms with Crippen LogP contribution in [0.1, 0.15) is 79.8 Å². The van der Waals surface area contributed by atoms with Crippen molar-refractivity contribution in [2.75, 3.05) is 0 Å². The van der Waals surface area contributed by atoms with E-state index < -0.39 is 0 Å². The number of Topliss-reactive ketones (excluding diaryl/α,β-unsaturated/α-hetero) is 1. The van der Waals surface area contributed by atoms with E-state index in [9.17, 15) is 4.79 Å². The quantitative estimate of drug-likeness (QED) is 0.590. The number of fused-ring (bicyclic) bond motifs is 6. The Morgan fingerprint density at radius 2 is 2.08 bits per heavy atom. The Hall–Kier alpha value is -1.89. The number of hydrogen-bond acceptors (Lipinski definition) is 1. The summed E-state index contributed by atoms with van der Waals surface area (Å²) in [7, 11) is 0. The number of allylic oxidation sites excluding steroid dienone is 2. The number of carbonyl (C=O) groups excluding carboxylic acids is 1. The van der Waals surface area contributed by atoms with Crippen LogP contribution in [0.3, 0.4) is 0 Å². The van der Waals surface area contributed by atoms with Gasteiger partial charge in [-0.25, -0.2) is 0 Å². The largest absolute Gasteiger partial charge is 0.294 e. The molecule has 0 radical (unpaired) electrons. The summed E-state index contributed by atoms with van der Waals surface area (Å²) < 4.78 is 0. The average Bonchev–Trinajstić information content (AvgIpc) is 3.24. The van der Waals surface area contributed by atoms with E-state index in [-0.39, 0.29) is 5.41 Å². The molecule has 1 nitrogen and oxygen atoms in total. The Morgan fingerprint density at radius 1 is 1.20 bits per heavy atom. The van der Waals surface area contributed by atoms with Gasteiger partial charge in [0, 0.05) is 17.4 Å². The van der Waals surface area contributed by atoms with Crippen molar-refractivity contribution >= 4 is 16.6 Å². The fourth-order valence-corrected chi connectivity index (χ4v) is 5.62. The third-order valence-electron chi connectivity index (χ3n) is 7.34. The first-order valence-corrected chi connectivity index (χ1v) is 9.90. The second-order valence-electron chi connectivity index (χ2n) is 8.57. The molecule has 0 N–H and O–H groups in total. The highest BCUT2D eigenvalue weighted by Gasteiger charge is 2.51. The zero-order valence-electron chi connectivity index (χ0n) is 15.3. The molecule has 0 aliphatic heterocycles. The second kappa shape index (κ2) is 5.30. The Morgan fingerprint density at radius 3 is 2.80 bits per heavy atom. The number of ketones is 1. The van der Waals surface area contributed by atoms with Gasteiger partial charge >= 0.3 is 0 Å². The van der Waals surface area contributed by atoms with Crippen LogP contribution in [-0.4, -0.2) is 5.78 Å². The summed E-state index contributed by atoms with van der Waals surface area (Å²) >= 11 is 0. The van der Waals surface area contributed by atoms with Crippen LogP contribution >= 0.6 is 0 Å². The minimum atomic E-state index is 0.244. The van der Waals surface area contributed by atoms with Crippen molar-refractivity contribution in [3.05, 3.63) is 58.7 Å². The third kappa shape index (κ3) is 2.11. The van der Waals surface area contributed by atoms with Gasteiger partial charge in [-0.3, -0.25) is 4.79 Å². The van der Waals surface area contributed by atoms with Crippen molar-refractivity contribution in [3.8, 4) is 0 Å². The highest BCUT2D eigenvalue weighted by atomic mass is 16.1. The maximum atomic E-state index is 12.7. The Bertz CT molecular complexity index is 919. The molecule has 2 aromatic carbocycles. The molecule has 3 aliphatic carbocycles. The van der Waals surface area contributed by atoms with Crippen LogP contribution in [0.25, 0.3) is 10.8 Å². The minimum Gasteiger partial charge on any atom is -0.294 e. The van der Waals surface area contributed by atoms with Gasteiger partial charge in [0.05, 0.1) is 0 Å². The highest BCUT2D eigenvalue weighted by Crippen LogP contribution is 2.59. The van der Waals surface area contributed by atoms with Crippen LogP contribution in [0.4, 0.5) is 0 Å². The SMILES string of the molecule is CCC(C)c1ccc2cc3c(cc2c1)C1(CCC3=O)CC2=CCC1C2. The Kier molecular flexibility index (Phi) is 3.26. The summed E-state index contributed by atoms with van der Waals surface area (Å²) in [6.07, 6.45) is 9.06. The molecule has 5 rings (SSSR count). The monoisotopic (exact) mass is 330 g/mol. The lowest BCUT2D eigenvalue weighted by Crippen LogP contribution is -2.37. The molecule has 3 aliphatic rings. The molecule has 25 heavy (non-hydrogen) atoms. The van der Waals surface area contributed by atoms with Crippen molar-refractivity contribution in [2.24, 2.45) is 5.92 Å². The van der Waals surface area contributed by atoms with Crippen LogP contribution in [0, 0.1) is 5.92 Å². The highest BCUT2D eigenvalue weighted by molar-refractivity contribution is 6.03. The fraction of sp³-hybridized carbons (Fsp3) is 0.458. The first-order chi connectivity index (χ1) is 12.1. The molecule has 3 unspecified atom stereocenters. The van der Waals surface area contributed by atoms with Gasteiger partial charge in [-0.1, -0.05) is 43.7 Å². The van der Waals surface area contributed by atoms with E-state index in [1.165, 1.54) is 41.2 Å². The van der Waals surface area contributed by atoms with E-state index in [1.54, 1.807) is 5.57 Å². The van der Waals surface area contributed by atoms with Gasteiger partial charge in [0.15, 0.2) is 5.78 Å². The molecule has 1 heteroatoms. The lowest BCUT2D eigenvalue weighted by atomic mass is 9.62. The van der Waals surface area contributed by atoms with Crippen LogP contribution in [0.5, 0.6) is 0 Å². The summed E-state index contributed by atoms with van der Waals surface area (Å²) in [6.45, 7) is 4.55. The molecule has 0 aromatic heterocycles. The molecule has 1 saturated carbocycles. The fourth-order valence-electron chi connectivity index (χ4n) is 5.62. The molecular formula is C24H26O. The lowest BCUT2D eigenvalue weighted by molar-refractivity contribution is 0.0940. The van der Waals surface area contributed by atoms with E-state index >= 15 is 0 Å². The van der Waals surface area contributed by atoms with E-state index in [2.05, 4.69) is 50.3 Å². The number of benzene rings is 2. The minimum absolute atomic E-state index is 0.244. The zero-order chi connectivity index (χ0) is 17.2. The van der Waals surface area contributed by atoms with E-state index in [1.807, 2.05) is 0 Å². The lowest BCUT2D eigenvalue weighted by Gasteiger charge is -2.41. The van der Waals surface area contributed by atoms with Gasteiger partial charge in [0.25, 0.3) is 0 Å². The normalized spacial score (nSPS) is 28.5. The van der Waals surface area contributed by atoms with Crippen molar-refractivity contribution < 1.29 is 4.79 Å². The molecule has 3 atom stereocenters. The molecule has 0 saturated heterocycles. The molecule has 1 spiro atoms. The van der Waals surface area contributed by atoms with Gasteiger partial charge in [-0.2, -0.15) is 0 Å². The van der Waals surface area contributed by atoms with Crippen LogP contribution in [0.2, 0.25) is 0 Å². The van der Waals surface area contributed by atoms with E-state index in [4.69, 9.17) is 0 Å². The molecule has 128 valence electrons. The second-order valence-corrected chi connectivity index (χ2v) is 8.57. The predicted octanol–water partition coefficient (Wildman–Crippen LogP) is 6.31. The van der Waals surface area contributed by atoms with Gasteiger partial charge < -0.3 is 0 Å². The molecular weight excluding hydrogens is 304 g/mol. The molecule has 2 bridgehead atoms. The first-order valence-electron chi connectivity index (χ1n) is 9.90. The van der Waals surface area contributed by atoms with E-state index in [0.717, 1.165) is 30.7 Å². The number of carbonyl (C=O) groups is 1. The average molecular weight is 330 g/mol. The zero-order valence-corrected chi connectivity index (χ0v) is 15.3. The standard InChI is InChI=1S/C24H26O/c1-3-15(2)17-5-6-18-12-21-22(13-19(18)11-17)24(9-8-23(21)25)14-16-4-7-20(24)10-16/h4-6,11-13,15,20H,3,7-10,14H2,1-2H3. The smallest absolute Gasteiger partial charge is 0.163 e. The summed E-state index contributed by atoms with van der Waals surface area (Å²) in [5, 5.41) is 2.54. The van der Waals surface area contributed by atoms with Crippen LogP contribution < -0.4 is 0 Å². The van der Waals surface area contributed by atoms with Gasteiger partial charge in [-0.05, 0) is 78.0 Å². The van der Waals surface area contributed by atoms with Gasteiger partial charge in [0.1, 0.15) is 0 Å². The molecule has 0 heterocycles. The van der Waals surface area contributed by atoms with Gasteiger partial charge in [0.2, 0.25) is 0 Å². The maximum absolute atomic E-state index is 12.7. The summed E-state index contributed by atoms with van der Waals surface area (Å²) in [6, 6.07) is 11.4. The van der Waals surface area contributed by atoms with Crippen molar-refractivity contribution in [1.82, 2.24) is 0 Å². The maximum Gasteiger partial charge on any atom is 0.163 e. The molecule has 0 amide bonds. The molecule has 1 fully saturated rings. The van der Waals surface area contributed by atoms with Gasteiger partial charge in [-0.15, -0.1) is 0 Å². The summed E-state index contributed by atoms with van der Waals surface area (Å²) in [5.41, 5.74) is 5.68.